The first-order chi connectivity index (χ1) is 14.1. The zero-order valence-electron chi connectivity index (χ0n) is 17.5. The Balaban J connectivity index is 1.72. The lowest BCUT2D eigenvalue weighted by molar-refractivity contribution is -0.148. The Morgan fingerprint density at radius 2 is 1.86 bits per heavy atom. The Morgan fingerprint density at radius 3 is 2.45 bits per heavy atom. The molecule has 3 atom stereocenters. The minimum Gasteiger partial charge on any atom is -0.394 e. The van der Waals surface area contributed by atoms with Crippen molar-refractivity contribution in [1.82, 2.24) is 10.2 Å². The Hall–Kier alpha value is -2.32. The van der Waals surface area contributed by atoms with Gasteiger partial charge in [-0.1, -0.05) is 43.7 Å². The second-order valence-corrected chi connectivity index (χ2v) is 8.17. The van der Waals surface area contributed by atoms with E-state index < -0.39 is 0 Å². The molecule has 0 radical (unpaired) electrons. The molecule has 0 spiro atoms. The van der Waals surface area contributed by atoms with Gasteiger partial charge in [-0.05, 0) is 37.0 Å². The van der Waals surface area contributed by atoms with Gasteiger partial charge in [0.25, 0.3) is 0 Å². The van der Waals surface area contributed by atoms with Crippen LogP contribution in [-0.4, -0.2) is 47.1 Å². The van der Waals surface area contributed by atoms with Crippen molar-refractivity contribution in [2.75, 3.05) is 13.2 Å². The number of benzene rings is 1. The van der Waals surface area contributed by atoms with Crippen molar-refractivity contribution in [1.29, 1.82) is 0 Å². The fourth-order valence-electron chi connectivity index (χ4n) is 4.70. The molecular formula is C24H32N2O3. The van der Waals surface area contributed by atoms with Gasteiger partial charge in [0.15, 0.2) is 0 Å². The standard InChI is InChI=1S/C24H32N2O3/c1-3-4-5-8-18-11-13-19(14-12-18)23-21(26(17(2)28)22(23)16-27)15-25-24(29)20-9-6-7-10-20/h11-14,20-23,27H,3-4,6-7,9-10,15-16H2,1-2H3,(H,25,29)/t21-,22+,23+/m0/s1. The van der Waals surface area contributed by atoms with Gasteiger partial charge < -0.3 is 15.3 Å². The molecule has 29 heavy (non-hydrogen) atoms. The molecule has 156 valence electrons. The zero-order chi connectivity index (χ0) is 20.8. The number of aliphatic hydroxyl groups excluding tert-OH is 1. The number of carbonyl (C=O) groups is 2. The molecule has 1 aliphatic carbocycles. The van der Waals surface area contributed by atoms with E-state index in [1.54, 1.807) is 4.90 Å². The van der Waals surface area contributed by atoms with E-state index in [-0.39, 0.29) is 42.3 Å². The van der Waals surface area contributed by atoms with Crippen LogP contribution in [0.15, 0.2) is 24.3 Å². The Kier molecular flexibility index (Phi) is 7.33. The van der Waals surface area contributed by atoms with E-state index in [0.717, 1.165) is 49.7 Å². The number of amides is 2. The molecule has 1 saturated carbocycles. The molecule has 0 unspecified atom stereocenters. The molecule has 1 aromatic carbocycles. The molecule has 0 bridgehead atoms. The summed E-state index contributed by atoms with van der Waals surface area (Å²) in [5, 5.41) is 13.0. The van der Waals surface area contributed by atoms with Crippen LogP contribution in [0.1, 0.15) is 69.4 Å². The lowest BCUT2D eigenvalue weighted by atomic mass is 9.74. The minimum absolute atomic E-state index is 0.00503. The number of nitrogens with one attached hydrogen (secondary N) is 1. The van der Waals surface area contributed by atoms with Crippen molar-refractivity contribution >= 4 is 11.8 Å². The molecule has 5 heteroatoms. The number of unbranched alkanes of at least 4 members (excludes halogenated alkanes) is 1. The van der Waals surface area contributed by atoms with Crippen LogP contribution < -0.4 is 5.32 Å². The number of aliphatic hydroxyl groups is 1. The summed E-state index contributed by atoms with van der Waals surface area (Å²) in [7, 11) is 0. The van der Waals surface area contributed by atoms with Gasteiger partial charge in [0.05, 0.1) is 18.7 Å². The molecule has 3 rings (SSSR count). The summed E-state index contributed by atoms with van der Waals surface area (Å²) in [6, 6.07) is 7.68. The van der Waals surface area contributed by atoms with Gasteiger partial charge >= 0.3 is 0 Å². The van der Waals surface area contributed by atoms with Crippen LogP contribution in [0.25, 0.3) is 0 Å². The third-order valence-electron chi connectivity index (χ3n) is 6.21. The molecule has 1 heterocycles. The first-order valence-electron chi connectivity index (χ1n) is 10.8. The average Bonchev–Trinajstić information content (AvgIpc) is 3.23. The first-order valence-corrected chi connectivity index (χ1v) is 10.8. The molecule has 2 N–H and O–H groups in total. The summed E-state index contributed by atoms with van der Waals surface area (Å²) in [5.41, 5.74) is 2.04. The highest BCUT2D eigenvalue weighted by Crippen LogP contribution is 2.40. The van der Waals surface area contributed by atoms with Crippen molar-refractivity contribution in [2.45, 2.75) is 70.4 Å². The second kappa shape index (κ2) is 9.93. The van der Waals surface area contributed by atoms with E-state index in [2.05, 4.69) is 24.1 Å². The van der Waals surface area contributed by atoms with Gasteiger partial charge in [0, 0.05) is 37.3 Å². The minimum atomic E-state index is -0.252. The molecule has 5 nitrogen and oxygen atoms in total. The van der Waals surface area contributed by atoms with Crippen LogP contribution in [0, 0.1) is 17.8 Å². The molecule has 1 aromatic rings. The van der Waals surface area contributed by atoms with E-state index >= 15 is 0 Å². The quantitative estimate of drug-likeness (QED) is 0.727. The topological polar surface area (TPSA) is 69.6 Å². The highest BCUT2D eigenvalue weighted by Gasteiger charge is 2.50. The highest BCUT2D eigenvalue weighted by atomic mass is 16.3. The van der Waals surface area contributed by atoms with Crippen LogP contribution in [0.5, 0.6) is 0 Å². The van der Waals surface area contributed by atoms with Gasteiger partial charge in [-0.15, -0.1) is 0 Å². The van der Waals surface area contributed by atoms with Crippen LogP contribution in [-0.2, 0) is 9.59 Å². The summed E-state index contributed by atoms with van der Waals surface area (Å²) < 4.78 is 0. The maximum absolute atomic E-state index is 12.5. The summed E-state index contributed by atoms with van der Waals surface area (Å²) in [6.45, 7) is 3.97. The molecular weight excluding hydrogens is 364 g/mol. The maximum atomic E-state index is 12.5. The molecule has 0 aromatic heterocycles. The van der Waals surface area contributed by atoms with Gasteiger partial charge in [-0.25, -0.2) is 0 Å². The van der Waals surface area contributed by atoms with Gasteiger partial charge in [0.2, 0.25) is 11.8 Å². The van der Waals surface area contributed by atoms with Gasteiger partial charge in [-0.3, -0.25) is 9.59 Å². The number of nitrogens with zero attached hydrogens (tertiary/aromatic N) is 1. The predicted molar refractivity (Wildman–Crippen MR) is 113 cm³/mol. The Bertz CT molecular complexity index is 772. The Morgan fingerprint density at radius 1 is 1.17 bits per heavy atom. The van der Waals surface area contributed by atoms with Gasteiger partial charge in [0.1, 0.15) is 0 Å². The Labute approximate surface area is 173 Å². The fraction of sp³-hybridized carbons (Fsp3) is 0.583. The predicted octanol–water partition coefficient (Wildman–Crippen LogP) is 2.82. The lowest BCUT2D eigenvalue weighted by Gasteiger charge is -2.54. The van der Waals surface area contributed by atoms with Crippen LogP contribution in [0.4, 0.5) is 0 Å². The second-order valence-electron chi connectivity index (χ2n) is 8.17. The van der Waals surface area contributed by atoms with E-state index in [4.69, 9.17) is 0 Å². The van der Waals surface area contributed by atoms with E-state index in [0.29, 0.717) is 6.54 Å². The number of hydrogen-bond acceptors (Lipinski definition) is 3. The number of likely N-dealkylation sites (tertiary alicyclic amines) is 1. The normalized spacial score (nSPS) is 23.8. The summed E-state index contributed by atoms with van der Waals surface area (Å²) >= 11 is 0. The highest BCUT2D eigenvalue weighted by molar-refractivity contribution is 5.79. The third kappa shape index (κ3) is 4.82. The van der Waals surface area contributed by atoms with Crippen LogP contribution in [0.2, 0.25) is 0 Å². The monoisotopic (exact) mass is 396 g/mol. The van der Waals surface area contributed by atoms with Crippen molar-refractivity contribution < 1.29 is 14.7 Å². The summed E-state index contributed by atoms with van der Waals surface area (Å²) in [5.74, 6) is 6.45. The van der Waals surface area contributed by atoms with Crippen LogP contribution >= 0.6 is 0 Å². The van der Waals surface area contributed by atoms with E-state index in [1.165, 1.54) is 6.92 Å². The van der Waals surface area contributed by atoms with Crippen molar-refractivity contribution in [3.05, 3.63) is 35.4 Å². The first kappa shape index (κ1) is 21.4. The summed E-state index contributed by atoms with van der Waals surface area (Å²) in [4.78, 5) is 26.3. The molecule has 2 fully saturated rings. The number of rotatable bonds is 6. The number of hydrogen-bond donors (Lipinski definition) is 2. The summed E-state index contributed by atoms with van der Waals surface area (Å²) in [6.07, 6.45) is 6.06. The largest absolute Gasteiger partial charge is 0.394 e. The number of carbonyl (C=O) groups excluding carboxylic acids is 2. The fourth-order valence-corrected chi connectivity index (χ4v) is 4.70. The third-order valence-corrected chi connectivity index (χ3v) is 6.21. The van der Waals surface area contributed by atoms with Crippen molar-refractivity contribution in [2.24, 2.45) is 5.92 Å². The lowest BCUT2D eigenvalue weighted by Crippen LogP contribution is -2.68. The molecule has 2 amide bonds. The zero-order valence-corrected chi connectivity index (χ0v) is 17.5. The van der Waals surface area contributed by atoms with E-state index in [9.17, 15) is 14.7 Å². The average molecular weight is 397 g/mol. The van der Waals surface area contributed by atoms with Crippen LogP contribution in [0.3, 0.4) is 0 Å². The van der Waals surface area contributed by atoms with Crippen molar-refractivity contribution in [3.8, 4) is 11.8 Å². The SMILES string of the molecule is CCCC#Cc1ccc([C@H]2[C@@H](CO)N(C(C)=O)[C@H]2CNC(=O)C2CCCC2)cc1. The van der Waals surface area contributed by atoms with Crippen molar-refractivity contribution in [3.63, 3.8) is 0 Å². The molecule has 2 aliphatic rings. The van der Waals surface area contributed by atoms with Gasteiger partial charge in [-0.2, -0.15) is 0 Å². The molecule has 1 aliphatic heterocycles. The van der Waals surface area contributed by atoms with E-state index in [1.807, 2.05) is 24.3 Å². The smallest absolute Gasteiger partial charge is 0.223 e. The molecule has 1 saturated heterocycles. The maximum Gasteiger partial charge on any atom is 0.223 e.